The summed E-state index contributed by atoms with van der Waals surface area (Å²) < 4.78 is 7.27. The van der Waals surface area contributed by atoms with E-state index in [1.807, 2.05) is 35.8 Å². The number of hydrogen-bond donors (Lipinski definition) is 1. The molecule has 0 aliphatic carbocycles. The van der Waals surface area contributed by atoms with Gasteiger partial charge in [0.2, 0.25) is 0 Å². The van der Waals surface area contributed by atoms with E-state index in [-0.39, 0.29) is 11.3 Å². The number of piperidine rings is 1. The third-order valence-electron chi connectivity index (χ3n) is 6.39. The lowest BCUT2D eigenvalue weighted by Crippen LogP contribution is -2.48. The zero-order chi connectivity index (χ0) is 20.1. The van der Waals surface area contributed by atoms with Gasteiger partial charge in [0.1, 0.15) is 5.75 Å². The number of carbonyl (C=O) groups excluding carboxylic acids is 1. The summed E-state index contributed by atoms with van der Waals surface area (Å²) in [7, 11) is 1.64. The molecule has 1 saturated heterocycles. The second kappa shape index (κ2) is 6.88. The molecule has 29 heavy (non-hydrogen) atoms. The van der Waals surface area contributed by atoms with Crippen LogP contribution in [-0.2, 0) is 6.54 Å². The predicted molar refractivity (Wildman–Crippen MR) is 112 cm³/mol. The number of aromatic amines is 1. The van der Waals surface area contributed by atoms with Crippen LogP contribution in [0.2, 0.25) is 0 Å². The van der Waals surface area contributed by atoms with Crippen molar-refractivity contribution in [1.82, 2.24) is 14.5 Å². The van der Waals surface area contributed by atoms with Crippen LogP contribution in [-0.4, -0.2) is 47.0 Å². The van der Waals surface area contributed by atoms with Crippen molar-refractivity contribution in [2.75, 3.05) is 26.7 Å². The van der Waals surface area contributed by atoms with Gasteiger partial charge in [0, 0.05) is 59.5 Å². The number of aryl methyl sites for hydroxylation is 1. The van der Waals surface area contributed by atoms with Gasteiger partial charge >= 0.3 is 0 Å². The number of ether oxygens (including phenoxy) is 1. The van der Waals surface area contributed by atoms with Gasteiger partial charge in [-0.2, -0.15) is 0 Å². The Bertz CT molecular complexity index is 1160. The van der Waals surface area contributed by atoms with E-state index in [9.17, 15) is 9.59 Å². The topological polar surface area (TPSA) is 67.3 Å². The molecule has 150 valence electrons. The molecule has 1 fully saturated rings. The van der Waals surface area contributed by atoms with Crippen LogP contribution >= 0.6 is 0 Å². The van der Waals surface area contributed by atoms with Gasteiger partial charge in [-0.15, -0.1) is 0 Å². The van der Waals surface area contributed by atoms with Gasteiger partial charge in [0.25, 0.3) is 5.56 Å². The fraction of sp³-hybridized carbons (Fsp3) is 0.391. The summed E-state index contributed by atoms with van der Waals surface area (Å²) in [4.78, 5) is 31.1. The molecule has 4 heterocycles. The van der Waals surface area contributed by atoms with E-state index >= 15 is 0 Å². The molecular weight excluding hydrogens is 366 g/mol. The molecule has 6 heteroatoms. The highest BCUT2D eigenvalue weighted by Crippen LogP contribution is 2.35. The zero-order valence-electron chi connectivity index (χ0n) is 16.8. The molecule has 2 atom stereocenters. The Balaban J connectivity index is 1.41. The number of likely N-dealkylation sites (tertiary alicyclic amines) is 1. The largest absolute Gasteiger partial charge is 0.497 e. The molecule has 2 aliphatic heterocycles. The quantitative estimate of drug-likeness (QED) is 0.695. The van der Waals surface area contributed by atoms with Gasteiger partial charge in [-0.3, -0.25) is 14.5 Å². The minimum Gasteiger partial charge on any atom is -0.497 e. The Morgan fingerprint density at radius 1 is 1.21 bits per heavy atom. The Morgan fingerprint density at radius 3 is 2.90 bits per heavy atom. The lowest BCUT2D eigenvalue weighted by atomic mass is 9.83. The van der Waals surface area contributed by atoms with Crippen LogP contribution in [0, 0.1) is 12.8 Å². The molecule has 3 aromatic rings. The van der Waals surface area contributed by atoms with E-state index in [0.717, 1.165) is 59.7 Å². The van der Waals surface area contributed by atoms with Gasteiger partial charge in [-0.25, -0.2) is 0 Å². The molecule has 2 aromatic heterocycles. The van der Waals surface area contributed by atoms with Gasteiger partial charge in [-0.05, 0) is 43.5 Å². The van der Waals surface area contributed by atoms with Crippen LogP contribution in [0.1, 0.15) is 34.1 Å². The van der Waals surface area contributed by atoms with Crippen LogP contribution in [0.5, 0.6) is 5.75 Å². The first-order valence-corrected chi connectivity index (χ1v) is 10.1. The summed E-state index contributed by atoms with van der Waals surface area (Å²) in [6.07, 6.45) is 1.09. The van der Waals surface area contributed by atoms with Crippen LogP contribution in [0.15, 0.2) is 41.2 Å². The molecule has 0 radical (unpaired) electrons. The average Bonchev–Trinajstić information content (AvgIpc) is 3.03. The molecule has 0 saturated carbocycles. The van der Waals surface area contributed by atoms with Crippen molar-refractivity contribution < 1.29 is 9.53 Å². The summed E-state index contributed by atoms with van der Waals surface area (Å²) in [6, 6.07) is 11.3. The highest BCUT2D eigenvalue weighted by atomic mass is 16.5. The third kappa shape index (κ3) is 3.08. The number of fused-ring (bicyclic) bond motifs is 5. The van der Waals surface area contributed by atoms with E-state index in [4.69, 9.17) is 4.74 Å². The number of benzene rings is 1. The molecule has 0 unspecified atom stereocenters. The maximum Gasteiger partial charge on any atom is 0.250 e. The first kappa shape index (κ1) is 18.2. The van der Waals surface area contributed by atoms with Crippen molar-refractivity contribution >= 4 is 16.7 Å². The maximum absolute atomic E-state index is 13.3. The number of H-pyrrole nitrogens is 1. The fourth-order valence-electron chi connectivity index (χ4n) is 5.20. The summed E-state index contributed by atoms with van der Waals surface area (Å²) >= 11 is 0. The number of methoxy groups -OCH3 is 1. The number of nitrogens with one attached hydrogen (secondary N) is 1. The zero-order valence-corrected chi connectivity index (χ0v) is 16.8. The first-order chi connectivity index (χ1) is 14.0. The number of hydrogen-bond acceptors (Lipinski definition) is 4. The molecular formula is C23H25N3O3. The first-order valence-electron chi connectivity index (χ1n) is 10.1. The molecule has 2 bridgehead atoms. The number of ketones is 1. The number of Topliss-reactive ketones (excluding diaryl/α,β-unsaturated/α-hetero) is 1. The minimum atomic E-state index is 0.0880. The Labute approximate surface area is 169 Å². The van der Waals surface area contributed by atoms with Gasteiger partial charge in [0.05, 0.1) is 13.7 Å². The van der Waals surface area contributed by atoms with E-state index in [0.29, 0.717) is 18.4 Å². The monoisotopic (exact) mass is 391 g/mol. The van der Waals surface area contributed by atoms with Crippen molar-refractivity contribution in [2.45, 2.75) is 25.8 Å². The van der Waals surface area contributed by atoms with E-state index < -0.39 is 0 Å². The lowest BCUT2D eigenvalue weighted by molar-refractivity contribution is 0.0818. The van der Waals surface area contributed by atoms with Crippen molar-refractivity contribution in [3.8, 4) is 5.75 Å². The third-order valence-corrected chi connectivity index (χ3v) is 6.39. The second-order valence-electron chi connectivity index (χ2n) is 8.35. The normalized spacial score (nSPS) is 21.2. The standard InChI is InChI=1S/C23H25N3O3/c1-14-23(18-9-17(29-2)6-7-19(18)24-14)21(27)13-25-10-15-8-16(12-25)20-4-3-5-22(28)26(20)11-15/h3-7,9,15-16,24H,8,10-13H2,1-2H3/t15-,16+/m1/s1. The second-order valence-corrected chi connectivity index (χ2v) is 8.35. The number of nitrogens with zero attached hydrogens (tertiary/aromatic N) is 2. The summed E-state index contributed by atoms with van der Waals surface area (Å²) in [5.74, 6) is 1.61. The molecule has 2 aliphatic rings. The molecule has 5 rings (SSSR count). The molecule has 0 amide bonds. The highest BCUT2D eigenvalue weighted by molar-refractivity contribution is 6.10. The minimum absolute atomic E-state index is 0.0880. The summed E-state index contributed by atoms with van der Waals surface area (Å²) in [5.41, 5.74) is 3.80. The molecule has 1 N–H and O–H groups in total. The predicted octanol–water partition coefficient (Wildman–Crippen LogP) is 2.95. The van der Waals surface area contributed by atoms with Crippen LogP contribution in [0.25, 0.3) is 10.9 Å². The smallest absolute Gasteiger partial charge is 0.250 e. The van der Waals surface area contributed by atoms with Gasteiger partial charge in [0.15, 0.2) is 5.78 Å². The number of carbonyl (C=O) groups is 1. The van der Waals surface area contributed by atoms with E-state index in [1.54, 1.807) is 13.2 Å². The lowest BCUT2D eigenvalue weighted by Gasteiger charge is -2.42. The highest BCUT2D eigenvalue weighted by Gasteiger charge is 2.35. The number of aromatic nitrogens is 2. The maximum atomic E-state index is 13.3. The number of pyridine rings is 1. The SMILES string of the molecule is COc1ccc2[nH]c(C)c(C(=O)CN3C[C@H]4C[C@@H](C3)c3cccc(=O)n3C4)c2c1. The van der Waals surface area contributed by atoms with E-state index in [1.165, 1.54) is 0 Å². The summed E-state index contributed by atoms with van der Waals surface area (Å²) in [5, 5.41) is 0.918. The Hall–Kier alpha value is -2.86. The van der Waals surface area contributed by atoms with Crippen LogP contribution in [0.3, 0.4) is 0 Å². The van der Waals surface area contributed by atoms with Crippen LogP contribution < -0.4 is 10.3 Å². The van der Waals surface area contributed by atoms with Gasteiger partial charge < -0.3 is 14.3 Å². The van der Waals surface area contributed by atoms with Crippen molar-refractivity contribution in [3.63, 3.8) is 0 Å². The van der Waals surface area contributed by atoms with Crippen molar-refractivity contribution in [3.05, 3.63) is 63.7 Å². The van der Waals surface area contributed by atoms with Crippen LogP contribution in [0.4, 0.5) is 0 Å². The molecule has 6 nitrogen and oxygen atoms in total. The van der Waals surface area contributed by atoms with Crippen molar-refractivity contribution in [1.29, 1.82) is 0 Å². The van der Waals surface area contributed by atoms with Crippen molar-refractivity contribution in [2.24, 2.45) is 5.92 Å². The number of rotatable bonds is 4. The summed E-state index contributed by atoms with van der Waals surface area (Å²) in [6.45, 7) is 4.77. The molecule has 1 aromatic carbocycles. The molecule has 0 spiro atoms. The average molecular weight is 391 g/mol. The van der Waals surface area contributed by atoms with E-state index in [2.05, 4.69) is 16.0 Å². The fourth-order valence-corrected chi connectivity index (χ4v) is 5.20. The Kier molecular flexibility index (Phi) is 4.32. The van der Waals surface area contributed by atoms with Gasteiger partial charge in [-0.1, -0.05) is 6.07 Å². The Morgan fingerprint density at radius 2 is 2.07 bits per heavy atom.